The molecule has 2 aromatic heterocycles. The summed E-state index contributed by atoms with van der Waals surface area (Å²) >= 11 is 0. The van der Waals surface area contributed by atoms with Crippen LogP contribution in [0.25, 0.3) is 11.0 Å². The molecule has 1 amide bonds. The zero-order valence-corrected chi connectivity index (χ0v) is 18.5. The molecule has 0 unspecified atom stereocenters. The number of pyridine rings is 1. The fourth-order valence-corrected chi connectivity index (χ4v) is 3.46. The first-order valence-corrected chi connectivity index (χ1v) is 10.1. The molecule has 164 valence electrons. The molecule has 3 heterocycles. The minimum Gasteiger partial charge on any atom is -0.309 e. The van der Waals surface area contributed by atoms with Gasteiger partial charge in [-0.05, 0) is 35.1 Å². The number of benzene rings is 1. The molecule has 31 heavy (non-hydrogen) atoms. The third kappa shape index (κ3) is 3.94. The van der Waals surface area contributed by atoms with E-state index in [1.807, 2.05) is 26.0 Å². The number of anilines is 1. The van der Waals surface area contributed by atoms with E-state index in [0.29, 0.717) is 11.5 Å². The van der Waals surface area contributed by atoms with Gasteiger partial charge in [0, 0.05) is 20.3 Å². The Bertz CT molecular complexity index is 1200. The summed E-state index contributed by atoms with van der Waals surface area (Å²) in [5.41, 5.74) is 3.36. The number of hydrogen-bond donors (Lipinski definition) is 0. The van der Waals surface area contributed by atoms with Gasteiger partial charge in [0.15, 0.2) is 0 Å². The molecule has 0 aliphatic carbocycles. The topological polar surface area (TPSA) is 68.1 Å². The molecule has 4 rings (SSSR count). The van der Waals surface area contributed by atoms with Crippen LogP contribution in [0.1, 0.15) is 56.2 Å². The normalized spacial score (nSPS) is 14.8. The first-order chi connectivity index (χ1) is 14.5. The van der Waals surface area contributed by atoms with Crippen LogP contribution in [-0.2, 0) is 17.8 Å². The van der Waals surface area contributed by atoms with Gasteiger partial charge in [-0.15, -0.1) is 0 Å². The number of nitrogens with zero attached hydrogens (tertiary/aromatic N) is 4. The molecular weight excluding hydrogens is 402 g/mol. The highest BCUT2D eigenvalue weighted by Crippen LogP contribution is 2.42. The van der Waals surface area contributed by atoms with E-state index in [4.69, 9.17) is 0 Å². The molecule has 0 N–H and O–H groups in total. The number of fused-ring (bicyclic) bond motifs is 2. The SMILES string of the molecule is CC(C)c1cccc2c1ncc(=O)n2C.CC(C)c1cnc2c(c1)C(F)(F)C(=O)N2C. The Labute approximate surface area is 179 Å². The molecule has 0 saturated heterocycles. The molecule has 8 heteroatoms. The van der Waals surface area contributed by atoms with Crippen molar-refractivity contribution < 1.29 is 13.6 Å². The average Bonchev–Trinajstić information content (AvgIpc) is 2.90. The smallest absolute Gasteiger partial charge is 0.309 e. The van der Waals surface area contributed by atoms with E-state index in [9.17, 15) is 18.4 Å². The van der Waals surface area contributed by atoms with Gasteiger partial charge in [0.25, 0.3) is 5.56 Å². The van der Waals surface area contributed by atoms with Crippen LogP contribution in [0.2, 0.25) is 0 Å². The van der Waals surface area contributed by atoms with E-state index in [2.05, 4.69) is 29.9 Å². The van der Waals surface area contributed by atoms with Gasteiger partial charge < -0.3 is 4.57 Å². The lowest BCUT2D eigenvalue weighted by Crippen LogP contribution is -2.31. The van der Waals surface area contributed by atoms with Crippen LogP contribution >= 0.6 is 0 Å². The molecule has 0 bridgehead atoms. The first-order valence-electron chi connectivity index (χ1n) is 10.1. The zero-order chi connectivity index (χ0) is 23.1. The molecule has 0 radical (unpaired) electrons. The summed E-state index contributed by atoms with van der Waals surface area (Å²) in [6, 6.07) is 7.33. The monoisotopic (exact) mass is 428 g/mol. The molecule has 0 atom stereocenters. The molecule has 0 saturated carbocycles. The van der Waals surface area contributed by atoms with Crippen molar-refractivity contribution in [2.75, 3.05) is 11.9 Å². The van der Waals surface area contributed by atoms with Crippen LogP contribution in [0, 0.1) is 0 Å². The van der Waals surface area contributed by atoms with Gasteiger partial charge in [-0.1, -0.05) is 39.8 Å². The van der Waals surface area contributed by atoms with E-state index < -0.39 is 11.8 Å². The second-order valence-electron chi connectivity index (χ2n) is 8.26. The maximum absolute atomic E-state index is 13.6. The number of carbonyl (C=O) groups excluding carboxylic acids is 1. The Morgan fingerprint density at radius 2 is 1.65 bits per heavy atom. The molecule has 6 nitrogen and oxygen atoms in total. The maximum Gasteiger partial charge on any atom is 0.353 e. The summed E-state index contributed by atoms with van der Waals surface area (Å²) < 4.78 is 28.8. The highest BCUT2D eigenvalue weighted by molar-refractivity contribution is 6.04. The number of amides is 1. The second kappa shape index (κ2) is 8.17. The molecule has 1 aliphatic heterocycles. The third-order valence-electron chi connectivity index (χ3n) is 5.45. The van der Waals surface area contributed by atoms with E-state index in [-0.39, 0.29) is 22.9 Å². The quantitative estimate of drug-likeness (QED) is 0.609. The van der Waals surface area contributed by atoms with Crippen molar-refractivity contribution in [2.45, 2.75) is 45.5 Å². The summed E-state index contributed by atoms with van der Waals surface area (Å²) in [5.74, 6) is -4.08. The molecule has 3 aromatic rings. The van der Waals surface area contributed by atoms with Crippen LogP contribution in [0.15, 0.2) is 41.5 Å². The minimum absolute atomic E-state index is 0.0550. The number of likely N-dealkylation sites (N-methyl/N-ethyl adjacent to an activating group) is 1. The predicted molar refractivity (Wildman–Crippen MR) is 117 cm³/mol. The van der Waals surface area contributed by atoms with Crippen LogP contribution < -0.4 is 10.5 Å². The van der Waals surface area contributed by atoms with Crippen molar-refractivity contribution in [1.82, 2.24) is 14.5 Å². The summed E-state index contributed by atoms with van der Waals surface area (Å²) in [5, 5.41) is 0. The van der Waals surface area contributed by atoms with E-state index in [1.165, 1.54) is 31.1 Å². The van der Waals surface area contributed by atoms with E-state index >= 15 is 0 Å². The molecule has 1 aliphatic rings. The summed E-state index contributed by atoms with van der Waals surface area (Å²) in [4.78, 5) is 31.8. The first kappa shape index (κ1) is 22.5. The Morgan fingerprint density at radius 3 is 2.26 bits per heavy atom. The largest absolute Gasteiger partial charge is 0.353 e. The molecule has 0 fully saturated rings. The van der Waals surface area contributed by atoms with Crippen molar-refractivity contribution in [3.63, 3.8) is 0 Å². The van der Waals surface area contributed by atoms with Crippen LogP contribution in [0.5, 0.6) is 0 Å². The fraction of sp³-hybridized carbons (Fsp3) is 0.391. The number of alkyl halides is 2. The van der Waals surface area contributed by atoms with Crippen molar-refractivity contribution in [1.29, 1.82) is 0 Å². The lowest BCUT2D eigenvalue weighted by molar-refractivity contribution is -0.141. The van der Waals surface area contributed by atoms with Gasteiger partial charge in [0.05, 0.1) is 22.8 Å². The predicted octanol–water partition coefficient (Wildman–Crippen LogP) is 4.33. The third-order valence-corrected chi connectivity index (χ3v) is 5.45. The Kier molecular flexibility index (Phi) is 5.93. The minimum atomic E-state index is -3.44. The van der Waals surface area contributed by atoms with Gasteiger partial charge in [0.2, 0.25) is 0 Å². The molecule has 1 aromatic carbocycles. The second-order valence-corrected chi connectivity index (χ2v) is 8.26. The van der Waals surface area contributed by atoms with Crippen LogP contribution in [0.4, 0.5) is 14.6 Å². The van der Waals surface area contributed by atoms with E-state index in [0.717, 1.165) is 15.9 Å². The standard InChI is InChI=1S/C12H14N2O.C11H12F2N2O/c1-8(2)9-5-4-6-10-12(9)13-7-11(15)14(10)3;1-6(2)7-4-8-9(14-5-7)15(3)10(16)11(8,12)13/h4-8H,1-3H3;4-6H,1-3H3. The highest BCUT2D eigenvalue weighted by atomic mass is 19.3. The average molecular weight is 428 g/mol. The van der Waals surface area contributed by atoms with Crippen LogP contribution in [-0.4, -0.2) is 27.5 Å². The summed E-state index contributed by atoms with van der Waals surface area (Å²) in [6.07, 6.45) is 2.92. The Morgan fingerprint density at radius 1 is 0.968 bits per heavy atom. The van der Waals surface area contributed by atoms with Crippen LogP contribution in [0.3, 0.4) is 0 Å². The number of aromatic nitrogens is 3. The lowest BCUT2D eigenvalue weighted by Gasteiger charge is -2.10. The maximum atomic E-state index is 13.6. The molecular formula is C23H26F2N4O2. The zero-order valence-electron chi connectivity index (χ0n) is 18.5. The number of halogens is 2. The molecule has 0 spiro atoms. The van der Waals surface area contributed by atoms with Gasteiger partial charge in [-0.2, -0.15) is 8.78 Å². The fourth-order valence-electron chi connectivity index (χ4n) is 3.46. The van der Waals surface area contributed by atoms with Crippen molar-refractivity contribution in [3.05, 3.63) is 63.7 Å². The number of hydrogen-bond acceptors (Lipinski definition) is 4. The summed E-state index contributed by atoms with van der Waals surface area (Å²) in [6.45, 7) is 8.03. The van der Waals surface area contributed by atoms with Crippen molar-refractivity contribution in [2.24, 2.45) is 7.05 Å². The van der Waals surface area contributed by atoms with Gasteiger partial charge in [-0.25, -0.2) is 9.97 Å². The van der Waals surface area contributed by atoms with Gasteiger partial charge in [-0.3, -0.25) is 14.5 Å². The Hall–Kier alpha value is -3.16. The Balaban J connectivity index is 0.000000176. The number of rotatable bonds is 2. The van der Waals surface area contributed by atoms with Gasteiger partial charge >= 0.3 is 11.8 Å². The van der Waals surface area contributed by atoms with Crippen molar-refractivity contribution in [3.8, 4) is 0 Å². The lowest BCUT2D eigenvalue weighted by atomic mass is 10.0. The summed E-state index contributed by atoms with van der Waals surface area (Å²) in [7, 11) is 3.08. The van der Waals surface area contributed by atoms with E-state index in [1.54, 1.807) is 11.6 Å². The number of carbonyl (C=O) groups is 1. The van der Waals surface area contributed by atoms with Gasteiger partial charge in [0.1, 0.15) is 5.82 Å². The highest BCUT2D eigenvalue weighted by Gasteiger charge is 2.52. The number of para-hydroxylation sites is 1. The number of aryl methyl sites for hydroxylation is 1. The van der Waals surface area contributed by atoms with Crippen molar-refractivity contribution >= 4 is 22.8 Å².